The van der Waals surface area contributed by atoms with E-state index < -0.39 is 0 Å². The smallest absolute Gasteiger partial charge is 0.125 e. The third-order valence-electron chi connectivity index (χ3n) is 1.83. The van der Waals surface area contributed by atoms with Crippen LogP contribution in [0.25, 0.3) is 0 Å². The Kier molecular flexibility index (Phi) is 3.78. The molecule has 1 unspecified atom stereocenters. The van der Waals surface area contributed by atoms with Crippen LogP contribution in [0.3, 0.4) is 0 Å². The minimum atomic E-state index is -0.0407. The first-order valence-corrected chi connectivity index (χ1v) is 5.10. The first-order valence-electron chi connectivity index (χ1n) is 4.72. The summed E-state index contributed by atoms with van der Waals surface area (Å²) in [4.78, 5) is 0. The number of halogens is 1. The second-order valence-corrected chi connectivity index (χ2v) is 4.07. The minimum Gasteiger partial charge on any atom is -0.491 e. The SMILES string of the molecule is CC(C)Oc1cc(Cl)ccc1C(C)N. The van der Waals surface area contributed by atoms with Crippen LogP contribution < -0.4 is 10.5 Å². The van der Waals surface area contributed by atoms with E-state index in [4.69, 9.17) is 22.1 Å². The number of ether oxygens (including phenoxy) is 1. The fourth-order valence-corrected chi connectivity index (χ4v) is 1.40. The number of rotatable bonds is 3. The predicted octanol–water partition coefficient (Wildman–Crippen LogP) is 3.15. The third-order valence-corrected chi connectivity index (χ3v) is 2.06. The fraction of sp³-hybridized carbons (Fsp3) is 0.455. The molecule has 2 nitrogen and oxygen atoms in total. The van der Waals surface area contributed by atoms with E-state index in [0.717, 1.165) is 11.3 Å². The van der Waals surface area contributed by atoms with E-state index in [-0.39, 0.29) is 12.1 Å². The summed E-state index contributed by atoms with van der Waals surface area (Å²) >= 11 is 5.88. The molecule has 0 heterocycles. The molecule has 0 aliphatic rings. The number of hydrogen-bond acceptors (Lipinski definition) is 2. The predicted molar refractivity (Wildman–Crippen MR) is 59.8 cm³/mol. The summed E-state index contributed by atoms with van der Waals surface area (Å²) in [5.41, 5.74) is 6.81. The van der Waals surface area contributed by atoms with Crippen molar-refractivity contribution in [3.05, 3.63) is 28.8 Å². The number of nitrogens with two attached hydrogens (primary N) is 1. The highest BCUT2D eigenvalue weighted by atomic mass is 35.5. The lowest BCUT2D eigenvalue weighted by Crippen LogP contribution is -2.11. The Balaban J connectivity index is 3.03. The van der Waals surface area contributed by atoms with Crippen LogP contribution in [0.1, 0.15) is 32.4 Å². The molecule has 3 heteroatoms. The number of hydrogen-bond donors (Lipinski definition) is 1. The van der Waals surface area contributed by atoms with Crippen molar-refractivity contribution in [1.29, 1.82) is 0 Å². The van der Waals surface area contributed by atoms with E-state index in [0.29, 0.717) is 5.02 Å². The molecule has 0 aromatic heterocycles. The normalized spacial score (nSPS) is 13.0. The quantitative estimate of drug-likeness (QED) is 0.837. The van der Waals surface area contributed by atoms with Gasteiger partial charge in [-0.3, -0.25) is 0 Å². The van der Waals surface area contributed by atoms with Crippen molar-refractivity contribution in [3.63, 3.8) is 0 Å². The van der Waals surface area contributed by atoms with E-state index in [1.807, 2.05) is 32.9 Å². The van der Waals surface area contributed by atoms with Gasteiger partial charge in [-0.1, -0.05) is 17.7 Å². The van der Waals surface area contributed by atoms with Gasteiger partial charge in [-0.15, -0.1) is 0 Å². The lowest BCUT2D eigenvalue weighted by atomic mass is 10.1. The van der Waals surface area contributed by atoms with Gasteiger partial charge in [-0.05, 0) is 32.9 Å². The van der Waals surface area contributed by atoms with Crippen molar-refractivity contribution in [3.8, 4) is 5.75 Å². The van der Waals surface area contributed by atoms with Crippen LogP contribution in [0.5, 0.6) is 5.75 Å². The molecular formula is C11H16ClNO. The van der Waals surface area contributed by atoms with Crippen LogP contribution in [-0.4, -0.2) is 6.10 Å². The summed E-state index contributed by atoms with van der Waals surface area (Å²) in [5.74, 6) is 0.780. The van der Waals surface area contributed by atoms with Crippen LogP contribution >= 0.6 is 11.6 Å². The van der Waals surface area contributed by atoms with E-state index in [2.05, 4.69) is 0 Å². The Morgan fingerprint density at radius 2 is 1.93 bits per heavy atom. The van der Waals surface area contributed by atoms with Crippen molar-refractivity contribution in [2.45, 2.75) is 32.9 Å². The first kappa shape index (κ1) is 11.3. The summed E-state index contributed by atoms with van der Waals surface area (Å²) in [6, 6.07) is 5.50. The molecule has 0 aliphatic heterocycles. The molecule has 0 aliphatic carbocycles. The summed E-state index contributed by atoms with van der Waals surface area (Å²) in [5, 5.41) is 0.671. The van der Waals surface area contributed by atoms with Gasteiger partial charge in [0.25, 0.3) is 0 Å². The maximum absolute atomic E-state index is 5.88. The van der Waals surface area contributed by atoms with Gasteiger partial charge in [0.2, 0.25) is 0 Å². The maximum atomic E-state index is 5.88. The average molecular weight is 214 g/mol. The lowest BCUT2D eigenvalue weighted by molar-refractivity contribution is 0.239. The Bertz CT molecular complexity index is 310. The molecule has 0 bridgehead atoms. The van der Waals surface area contributed by atoms with E-state index in [1.165, 1.54) is 0 Å². The van der Waals surface area contributed by atoms with Gasteiger partial charge < -0.3 is 10.5 Å². The molecule has 0 saturated carbocycles. The topological polar surface area (TPSA) is 35.2 Å². The van der Waals surface area contributed by atoms with Crippen molar-refractivity contribution >= 4 is 11.6 Å². The van der Waals surface area contributed by atoms with Crippen molar-refractivity contribution in [2.75, 3.05) is 0 Å². The van der Waals surface area contributed by atoms with Crippen LogP contribution in [0.4, 0.5) is 0 Å². The molecule has 0 saturated heterocycles. The van der Waals surface area contributed by atoms with Crippen LogP contribution in [0.2, 0.25) is 5.02 Å². The molecular weight excluding hydrogens is 198 g/mol. The minimum absolute atomic E-state index is 0.0407. The Morgan fingerprint density at radius 1 is 1.29 bits per heavy atom. The summed E-state index contributed by atoms with van der Waals surface area (Å²) in [7, 11) is 0. The lowest BCUT2D eigenvalue weighted by Gasteiger charge is -2.16. The standard InChI is InChI=1S/C11H16ClNO/c1-7(2)14-11-6-9(12)4-5-10(11)8(3)13/h4-8H,13H2,1-3H3. The zero-order valence-electron chi connectivity index (χ0n) is 8.75. The van der Waals surface area contributed by atoms with Gasteiger partial charge in [-0.2, -0.15) is 0 Å². The van der Waals surface area contributed by atoms with Gasteiger partial charge in [0.15, 0.2) is 0 Å². The summed E-state index contributed by atoms with van der Waals surface area (Å²) in [6.45, 7) is 5.88. The molecule has 0 radical (unpaired) electrons. The Labute approximate surface area is 90.0 Å². The fourth-order valence-electron chi connectivity index (χ4n) is 1.24. The molecule has 1 atom stereocenters. The average Bonchev–Trinajstić information content (AvgIpc) is 2.01. The Morgan fingerprint density at radius 3 is 2.43 bits per heavy atom. The third kappa shape index (κ3) is 2.89. The van der Waals surface area contributed by atoms with Gasteiger partial charge in [0.05, 0.1) is 6.10 Å². The molecule has 0 spiro atoms. The largest absolute Gasteiger partial charge is 0.491 e. The molecule has 1 aromatic carbocycles. The summed E-state index contributed by atoms with van der Waals surface area (Å²) in [6.07, 6.45) is 0.131. The van der Waals surface area contributed by atoms with Gasteiger partial charge in [-0.25, -0.2) is 0 Å². The van der Waals surface area contributed by atoms with Crippen molar-refractivity contribution in [1.82, 2.24) is 0 Å². The molecule has 78 valence electrons. The number of benzene rings is 1. The molecule has 14 heavy (non-hydrogen) atoms. The van der Waals surface area contributed by atoms with Crippen molar-refractivity contribution < 1.29 is 4.74 Å². The van der Waals surface area contributed by atoms with Crippen LogP contribution in [0.15, 0.2) is 18.2 Å². The zero-order valence-corrected chi connectivity index (χ0v) is 9.51. The highest BCUT2D eigenvalue weighted by molar-refractivity contribution is 6.30. The second kappa shape index (κ2) is 4.67. The van der Waals surface area contributed by atoms with Crippen LogP contribution in [0, 0.1) is 0 Å². The van der Waals surface area contributed by atoms with Gasteiger partial charge in [0, 0.05) is 16.6 Å². The van der Waals surface area contributed by atoms with E-state index in [9.17, 15) is 0 Å². The van der Waals surface area contributed by atoms with Gasteiger partial charge >= 0.3 is 0 Å². The van der Waals surface area contributed by atoms with E-state index >= 15 is 0 Å². The molecule has 1 rings (SSSR count). The maximum Gasteiger partial charge on any atom is 0.125 e. The Hall–Kier alpha value is -0.730. The monoisotopic (exact) mass is 213 g/mol. The molecule has 0 fully saturated rings. The molecule has 1 aromatic rings. The zero-order chi connectivity index (χ0) is 10.7. The highest BCUT2D eigenvalue weighted by Crippen LogP contribution is 2.28. The summed E-state index contributed by atoms with van der Waals surface area (Å²) < 4.78 is 5.62. The molecule has 2 N–H and O–H groups in total. The molecule has 0 amide bonds. The second-order valence-electron chi connectivity index (χ2n) is 3.64. The van der Waals surface area contributed by atoms with Crippen molar-refractivity contribution in [2.24, 2.45) is 5.73 Å². The highest BCUT2D eigenvalue weighted by Gasteiger charge is 2.09. The first-order chi connectivity index (χ1) is 6.50. The van der Waals surface area contributed by atoms with E-state index in [1.54, 1.807) is 6.07 Å². The van der Waals surface area contributed by atoms with Crippen LogP contribution in [-0.2, 0) is 0 Å². The van der Waals surface area contributed by atoms with Gasteiger partial charge in [0.1, 0.15) is 5.75 Å².